The zero-order chi connectivity index (χ0) is 21.8. The molecule has 0 aliphatic carbocycles. The second-order valence-electron chi connectivity index (χ2n) is 7.81. The van der Waals surface area contributed by atoms with E-state index in [1.165, 1.54) is 11.8 Å². The molecule has 0 spiro atoms. The molecule has 1 atom stereocenters. The van der Waals surface area contributed by atoms with Crippen LogP contribution in [0.2, 0.25) is 0 Å². The topological polar surface area (TPSA) is 67.4 Å². The van der Waals surface area contributed by atoms with Gasteiger partial charge in [0.25, 0.3) is 0 Å². The summed E-state index contributed by atoms with van der Waals surface area (Å²) in [6.07, 6.45) is 1.67. The Labute approximate surface area is 187 Å². The molecule has 1 unspecified atom stereocenters. The van der Waals surface area contributed by atoms with Gasteiger partial charge in [0.05, 0.1) is 18.1 Å². The lowest BCUT2D eigenvalue weighted by Gasteiger charge is -2.35. The number of aryl methyl sites for hydroxylation is 1. The third kappa shape index (κ3) is 4.85. The molecule has 0 bridgehead atoms. The number of carbonyl (C=O) groups excluding carboxylic acids is 1. The maximum atomic E-state index is 13.1. The number of furan rings is 1. The summed E-state index contributed by atoms with van der Waals surface area (Å²) < 4.78 is 7.63. The van der Waals surface area contributed by atoms with E-state index in [0.29, 0.717) is 6.54 Å². The van der Waals surface area contributed by atoms with Gasteiger partial charge in [-0.1, -0.05) is 43.0 Å². The van der Waals surface area contributed by atoms with Crippen molar-refractivity contribution in [1.82, 2.24) is 24.6 Å². The van der Waals surface area contributed by atoms with Gasteiger partial charge in [-0.25, -0.2) is 0 Å². The number of rotatable bonds is 7. The first-order valence-electron chi connectivity index (χ1n) is 10.8. The summed E-state index contributed by atoms with van der Waals surface area (Å²) in [6, 6.07) is 12.0. The molecule has 3 aromatic rings. The molecule has 0 radical (unpaired) electrons. The van der Waals surface area contributed by atoms with Gasteiger partial charge in [0, 0.05) is 31.7 Å². The lowest BCUT2D eigenvalue weighted by atomic mass is 10.1. The number of likely N-dealkylation sites (N-methyl/N-ethyl adjacent to an activating group) is 1. The van der Waals surface area contributed by atoms with E-state index in [0.717, 1.165) is 60.6 Å². The third-order valence-corrected chi connectivity index (χ3v) is 6.83. The van der Waals surface area contributed by atoms with Gasteiger partial charge in [-0.2, -0.15) is 0 Å². The van der Waals surface area contributed by atoms with Gasteiger partial charge >= 0.3 is 0 Å². The van der Waals surface area contributed by atoms with Crippen LogP contribution in [0.5, 0.6) is 0 Å². The van der Waals surface area contributed by atoms with Crippen molar-refractivity contribution in [2.75, 3.05) is 32.7 Å². The quantitative estimate of drug-likeness (QED) is 0.525. The molecule has 164 valence electrons. The number of hydrogen-bond acceptors (Lipinski definition) is 6. The molecule has 1 aliphatic heterocycles. The van der Waals surface area contributed by atoms with Crippen LogP contribution in [0.25, 0.3) is 11.4 Å². The highest BCUT2D eigenvalue weighted by Gasteiger charge is 2.27. The fourth-order valence-electron chi connectivity index (χ4n) is 3.85. The molecule has 1 aromatic carbocycles. The smallest absolute Gasteiger partial charge is 0.235 e. The molecule has 0 N–H and O–H groups in total. The first kappa shape index (κ1) is 21.6. The van der Waals surface area contributed by atoms with Crippen molar-refractivity contribution in [3.63, 3.8) is 0 Å². The van der Waals surface area contributed by atoms with E-state index in [1.54, 1.807) is 6.26 Å². The molecule has 0 saturated carbocycles. The average molecular weight is 440 g/mol. The van der Waals surface area contributed by atoms with Gasteiger partial charge in [-0.3, -0.25) is 9.36 Å². The van der Waals surface area contributed by atoms with Crippen LogP contribution in [-0.4, -0.2) is 68.4 Å². The van der Waals surface area contributed by atoms with Crippen LogP contribution in [0.15, 0.2) is 52.2 Å². The van der Waals surface area contributed by atoms with Gasteiger partial charge in [0.2, 0.25) is 5.91 Å². The fraction of sp³-hybridized carbons (Fsp3) is 0.435. The number of nitrogens with zero attached hydrogens (tertiary/aromatic N) is 5. The van der Waals surface area contributed by atoms with Crippen molar-refractivity contribution >= 4 is 17.7 Å². The number of benzene rings is 1. The minimum atomic E-state index is -0.238. The molecule has 7 nitrogen and oxygen atoms in total. The van der Waals surface area contributed by atoms with Crippen molar-refractivity contribution < 1.29 is 9.21 Å². The largest absolute Gasteiger partial charge is 0.467 e. The Balaban J connectivity index is 1.56. The van der Waals surface area contributed by atoms with E-state index in [-0.39, 0.29) is 11.2 Å². The Morgan fingerprint density at radius 1 is 1.13 bits per heavy atom. The highest BCUT2D eigenvalue weighted by atomic mass is 32.2. The second kappa shape index (κ2) is 9.70. The van der Waals surface area contributed by atoms with Crippen LogP contribution < -0.4 is 0 Å². The lowest BCUT2D eigenvalue weighted by molar-refractivity contribution is -0.132. The van der Waals surface area contributed by atoms with E-state index in [1.807, 2.05) is 46.7 Å². The Morgan fingerprint density at radius 3 is 2.58 bits per heavy atom. The Hall–Kier alpha value is -2.58. The van der Waals surface area contributed by atoms with Gasteiger partial charge in [0.1, 0.15) is 5.76 Å². The predicted molar refractivity (Wildman–Crippen MR) is 122 cm³/mol. The van der Waals surface area contributed by atoms with Gasteiger partial charge < -0.3 is 14.2 Å². The number of hydrogen-bond donors (Lipinski definition) is 0. The van der Waals surface area contributed by atoms with E-state index in [9.17, 15) is 4.79 Å². The molecule has 31 heavy (non-hydrogen) atoms. The summed E-state index contributed by atoms with van der Waals surface area (Å²) in [6.45, 7) is 11.2. The molecule has 1 saturated heterocycles. The third-order valence-electron chi connectivity index (χ3n) is 5.76. The van der Waals surface area contributed by atoms with Gasteiger partial charge in [-0.15, -0.1) is 10.2 Å². The molecular formula is C23H29N5O2S. The lowest BCUT2D eigenvalue weighted by Crippen LogP contribution is -2.50. The number of aromatic nitrogens is 3. The van der Waals surface area contributed by atoms with Gasteiger partial charge in [-0.05, 0) is 38.1 Å². The van der Waals surface area contributed by atoms with Crippen molar-refractivity contribution in [3.05, 3.63) is 54.0 Å². The van der Waals surface area contributed by atoms with E-state index >= 15 is 0 Å². The van der Waals surface area contributed by atoms with Crippen LogP contribution in [-0.2, 0) is 11.3 Å². The SMILES string of the molecule is CCN1CCN(C(=O)C(C)Sc2nnc(-c3ccccc3C)n2Cc2ccco2)CC1. The summed E-state index contributed by atoms with van der Waals surface area (Å²) >= 11 is 1.46. The van der Waals surface area contributed by atoms with Crippen LogP contribution >= 0.6 is 11.8 Å². The summed E-state index contributed by atoms with van der Waals surface area (Å²) in [4.78, 5) is 17.4. The minimum Gasteiger partial charge on any atom is -0.467 e. The van der Waals surface area contributed by atoms with Crippen LogP contribution in [0.4, 0.5) is 0 Å². The van der Waals surface area contributed by atoms with Crippen LogP contribution in [0.3, 0.4) is 0 Å². The minimum absolute atomic E-state index is 0.158. The van der Waals surface area contributed by atoms with Gasteiger partial charge in [0.15, 0.2) is 11.0 Å². The molecule has 3 heterocycles. The van der Waals surface area contributed by atoms with Crippen molar-refractivity contribution in [1.29, 1.82) is 0 Å². The number of carbonyl (C=O) groups is 1. The molecular weight excluding hydrogens is 410 g/mol. The summed E-state index contributed by atoms with van der Waals surface area (Å²) in [7, 11) is 0. The first-order valence-corrected chi connectivity index (χ1v) is 11.6. The standard InChI is InChI=1S/C23H29N5O2S/c1-4-26-11-13-27(14-12-26)22(29)18(3)31-23-25-24-21(20-10-6-5-8-17(20)2)28(23)16-19-9-7-15-30-19/h5-10,15,18H,4,11-14,16H2,1-3H3. The number of piperazine rings is 1. The van der Waals surface area contributed by atoms with Crippen molar-refractivity contribution in [3.8, 4) is 11.4 Å². The molecule has 8 heteroatoms. The number of thioether (sulfide) groups is 1. The molecule has 1 amide bonds. The Bertz CT molecular complexity index is 1010. The highest BCUT2D eigenvalue weighted by molar-refractivity contribution is 8.00. The predicted octanol–water partition coefficient (Wildman–Crippen LogP) is 3.54. The maximum absolute atomic E-state index is 13.1. The summed E-state index contributed by atoms with van der Waals surface area (Å²) in [5, 5.41) is 9.44. The molecule has 1 aliphatic rings. The number of amides is 1. The maximum Gasteiger partial charge on any atom is 0.235 e. The zero-order valence-corrected chi connectivity index (χ0v) is 19.1. The van der Waals surface area contributed by atoms with Crippen LogP contribution in [0, 0.1) is 6.92 Å². The monoisotopic (exact) mass is 439 g/mol. The highest BCUT2D eigenvalue weighted by Crippen LogP contribution is 2.30. The van der Waals surface area contributed by atoms with Crippen molar-refractivity contribution in [2.24, 2.45) is 0 Å². The Morgan fingerprint density at radius 2 is 1.90 bits per heavy atom. The van der Waals surface area contributed by atoms with Crippen LogP contribution in [0.1, 0.15) is 25.2 Å². The summed E-state index contributed by atoms with van der Waals surface area (Å²) in [5.74, 6) is 1.77. The second-order valence-corrected chi connectivity index (χ2v) is 9.11. The van der Waals surface area contributed by atoms with E-state index < -0.39 is 0 Å². The molecule has 4 rings (SSSR count). The molecule has 2 aromatic heterocycles. The van der Waals surface area contributed by atoms with Crippen molar-refractivity contribution in [2.45, 2.75) is 37.7 Å². The average Bonchev–Trinajstić information content (AvgIpc) is 3.44. The van der Waals surface area contributed by atoms with E-state index in [4.69, 9.17) is 4.42 Å². The fourth-order valence-corrected chi connectivity index (χ4v) is 4.78. The summed E-state index contributed by atoms with van der Waals surface area (Å²) in [5.41, 5.74) is 2.16. The normalized spacial score (nSPS) is 15.9. The zero-order valence-electron chi connectivity index (χ0n) is 18.3. The molecule has 1 fully saturated rings. The van der Waals surface area contributed by atoms with E-state index in [2.05, 4.69) is 35.0 Å². The Kier molecular flexibility index (Phi) is 6.77. The first-order chi connectivity index (χ1) is 15.1.